The monoisotopic (exact) mass is 221 g/mol. The van der Waals surface area contributed by atoms with Gasteiger partial charge in [0, 0.05) is 6.04 Å². The SMILES string of the molecule is NC(CC1CCCCCC1)C1=CCCCC1. The average molecular weight is 221 g/mol. The predicted molar refractivity (Wildman–Crippen MR) is 70.3 cm³/mol. The van der Waals surface area contributed by atoms with Crippen LogP contribution < -0.4 is 5.73 Å². The van der Waals surface area contributed by atoms with Crippen LogP contribution in [-0.2, 0) is 0 Å². The van der Waals surface area contributed by atoms with Crippen LogP contribution >= 0.6 is 0 Å². The van der Waals surface area contributed by atoms with E-state index >= 15 is 0 Å². The van der Waals surface area contributed by atoms with E-state index < -0.39 is 0 Å². The number of hydrogen-bond acceptors (Lipinski definition) is 1. The maximum atomic E-state index is 6.36. The lowest BCUT2D eigenvalue weighted by Gasteiger charge is -2.23. The van der Waals surface area contributed by atoms with Crippen LogP contribution in [0.15, 0.2) is 11.6 Å². The Bertz CT molecular complexity index is 224. The van der Waals surface area contributed by atoms with Crippen LogP contribution in [0.4, 0.5) is 0 Å². The third-order valence-electron chi connectivity index (χ3n) is 4.36. The van der Waals surface area contributed by atoms with Crippen molar-refractivity contribution in [3.8, 4) is 0 Å². The van der Waals surface area contributed by atoms with Crippen LogP contribution in [0.25, 0.3) is 0 Å². The Morgan fingerprint density at radius 2 is 1.81 bits per heavy atom. The third kappa shape index (κ3) is 3.62. The van der Waals surface area contributed by atoms with E-state index in [4.69, 9.17) is 5.73 Å². The van der Waals surface area contributed by atoms with Gasteiger partial charge in [0.05, 0.1) is 0 Å². The Hall–Kier alpha value is -0.300. The van der Waals surface area contributed by atoms with E-state index in [1.54, 1.807) is 5.57 Å². The molecule has 0 aliphatic heterocycles. The summed E-state index contributed by atoms with van der Waals surface area (Å²) in [6.07, 6.45) is 17.6. The second-order valence-electron chi connectivity index (χ2n) is 5.72. The van der Waals surface area contributed by atoms with Gasteiger partial charge < -0.3 is 5.73 Å². The number of rotatable bonds is 3. The van der Waals surface area contributed by atoms with Gasteiger partial charge in [0.1, 0.15) is 0 Å². The molecule has 1 fully saturated rings. The first kappa shape index (κ1) is 12.2. The lowest BCUT2D eigenvalue weighted by molar-refractivity contribution is 0.399. The molecule has 1 nitrogen and oxygen atoms in total. The minimum atomic E-state index is 0.378. The second-order valence-corrected chi connectivity index (χ2v) is 5.72. The summed E-state index contributed by atoms with van der Waals surface area (Å²) in [4.78, 5) is 0. The zero-order valence-corrected chi connectivity index (χ0v) is 10.6. The van der Waals surface area contributed by atoms with E-state index in [1.807, 2.05) is 0 Å². The minimum Gasteiger partial charge on any atom is -0.324 e. The van der Waals surface area contributed by atoms with Crippen LogP contribution in [0, 0.1) is 5.92 Å². The lowest BCUT2D eigenvalue weighted by atomic mass is 9.86. The Morgan fingerprint density at radius 1 is 1.06 bits per heavy atom. The number of nitrogens with two attached hydrogens (primary N) is 1. The smallest absolute Gasteiger partial charge is 0.0256 e. The molecule has 0 bridgehead atoms. The van der Waals surface area contributed by atoms with Crippen molar-refractivity contribution in [2.24, 2.45) is 11.7 Å². The van der Waals surface area contributed by atoms with Gasteiger partial charge in [0.2, 0.25) is 0 Å². The zero-order chi connectivity index (χ0) is 11.2. The molecule has 0 aromatic heterocycles. The van der Waals surface area contributed by atoms with Gasteiger partial charge in [-0.25, -0.2) is 0 Å². The average Bonchev–Trinajstić information content (AvgIpc) is 2.59. The summed E-state index contributed by atoms with van der Waals surface area (Å²) < 4.78 is 0. The normalized spacial score (nSPS) is 25.9. The molecule has 0 aromatic carbocycles. The van der Waals surface area contributed by atoms with E-state index in [-0.39, 0.29) is 0 Å². The molecule has 16 heavy (non-hydrogen) atoms. The summed E-state index contributed by atoms with van der Waals surface area (Å²) in [5.41, 5.74) is 7.93. The molecule has 0 heterocycles. The van der Waals surface area contributed by atoms with Gasteiger partial charge in [-0.1, -0.05) is 50.2 Å². The van der Waals surface area contributed by atoms with Crippen LogP contribution in [0.5, 0.6) is 0 Å². The van der Waals surface area contributed by atoms with Crippen molar-refractivity contribution >= 4 is 0 Å². The molecular weight excluding hydrogens is 194 g/mol. The van der Waals surface area contributed by atoms with E-state index in [0.717, 1.165) is 5.92 Å². The molecule has 0 radical (unpaired) electrons. The van der Waals surface area contributed by atoms with Crippen molar-refractivity contribution in [3.63, 3.8) is 0 Å². The molecule has 2 rings (SSSR count). The van der Waals surface area contributed by atoms with Gasteiger partial charge in [-0.3, -0.25) is 0 Å². The standard InChI is InChI=1S/C15H27N/c16-15(14-10-6-3-7-11-14)12-13-8-4-1-2-5-9-13/h10,13,15H,1-9,11-12,16H2. The molecule has 1 heteroatoms. The van der Waals surface area contributed by atoms with E-state index in [1.165, 1.54) is 70.6 Å². The molecule has 0 spiro atoms. The Balaban J connectivity index is 1.80. The fourth-order valence-corrected chi connectivity index (χ4v) is 3.31. The molecule has 2 N–H and O–H groups in total. The number of allylic oxidation sites excluding steroid dienone is 1. The third-order valence-corrected chi connectivity index (χ3v) is 4.36. The van der Waals surface area contributed by atoms with Crippen molar-refractivity contribution in [1.29, 1.82) is 0 Å². The molecule has 0 amide bonds. The van der Waals surface area contributed by atoms with Gasteiger partial charge in [-0.05, 0) is 38.0 Å². The molecule has 2 aliphatic rings. The molecule has 1 unspecified atom stereocenters. The van der Waals surface area contributed by atoms with Gasteiger partial charge in [0.15, 0.2) is 0 Å². The second kappa shape index (κ2) is 6.44. The predicted octanol–water partition coefficient (Wildman–Crippen LogP) is 4.17. The van der Waals surface area contributed by atoms with E-state index in [9.17, 15) is 0 Å². The first-order valence-electron chi connectivity index (χ1n) is 7.31. The van der Waals surface area contributed by atoms with Gasteiger partial charge in [0.25, 0.3) is 0 Å². The molecular formula is C15H27N. The Morgan fingerprint density at radius 3 is 2.44 bits per heavy atom. The van der Waals surface area contributed by atoms with Crippen molar-refractivity contribution in [2.45, 2.75) is 76.7 Å². The molecule has 1 atom stereocenters. The van der Waals surface area contributed by atoms with Gasteiger partial charge in [-0.15, -0.1) is 0 Å². The lowest BCUT2D eigenvalue weighted by Crippen LogP contribution is -2.26. The summed E-state index contributed by atoms with van der Waals surface area (Å²) in [7, 11) is 0. The summed E-state index contributed by atoms with van der Waals surface area (Å²) in [5, 5.41) is 0. The van der Waals surface area contributed by atoms with Crippen molar-refractivity contribution < 1.29 is 0 Å². The fraction of sp³-hybridized carbons (Fsp3) is 0.867. The summed E-state index contributed by atoms with van der Waals surface area (Å²) in [6, 6.07) is 0.378. The van der Waals surface area contributed by atoms with Crippen LogP contribution in [0.1, 0.15) is 70.6 Å². The van der Waals surface area contributed by atoms with Crippen molar-refractivity contribution in [2.75, 3.05) is 0 Å². The first-order chi connectivity index (χ1) is 7.86. The highest BCUT2D eigenvalue weighted by molar-refractivity contribution is 5.12. The van der Waals surface area contributed by atoms with Crippen LogP contribution in [0.3, 0.4) is 0 Å². The number of hydrogen-bond donors (Lipinski definition) is 1. The quantitative estimate of drug-likeness (QED) is 0.561. The first-order valence-corrected chi connectivity index (χ1v) is 7.31. The van der Waals surface area contributed by atoms with E-state index in [2.05, 4.69) is 6.08 Å². The Labute approximate surface area is 100 Å². The minimum absolute atomic E-state index is 0.378. The summed E-state index contributed by atoms with van der Waals surface area (Å²) in [6.45, 7) is 0. The Kier molecular flexibility index (Phi) is 4.90. The van der Waals surface area contributed by atoms with Gasteiger partial charge >= 0.3 is 0 Å². The molecule has 92 valence electrons. The maximum Gasteiger partial charge on any atom is 0.0256 e. The van der Waals surface area contributed by atoms with Crippen molar-refractivity contribution in [3.05, 3.63) is 11.6 Å². The largest absolute Gasteiger partial charge is 0.324 e. The molecule has 0 saturated heterocycles. The van der Waals surface area contributed by atoms with Crippen LogP contribution in [0.2, 0.25) is 0 Å². The highest BCUT2D eigenvalue weighted by Gasteiger charge is 2.18. The highest BCUT2D eigenvalue weighted by atomic mass is 14.6. The molecule has 2 aliphatic carbocycles. The highest BCUT2D eigenvalue weighted by Crippen LogP contribution is 2.29. The zero-order valence-electron chi connectivity index (χ0n) is 10.6. The topological polar surface area (TPSA) is 26.0 Å². The molecule has 0 aromatic rings. The molecule has 1 saturated carbocycles. The van der Waals surface area contributed by atoms with Gasteiger partial charge in [-0.2, -0.15) is 0 Å². The fourth-order valence-electron chi connectivity index (χ4n) is 3.31. The maximum absolute atomic E-state index is 6.36. The van der Waals surface area contributed by atoms with Crippen LogP contribution in [-0.4, -0.2) is 6.04 Å². The summed E-state index contributed by atoms with van der Waals surface area (Å²) in [5.74, 6) is 0.917. The summed E-state index contributed by atoms with van der Waals surface area (Å²) >= 11 is 0. The van der Waals surface area contributed by atoms with E-state index in [0.29, 0.717) is 6.04 Å². The van der Waals surface area contributed by atoms with Crippen molar-refractivity contribution in [1.82, 2.24) is 0 Å².